The first-order chi connectivity index (χ1) is 7.67. The molecule has 1 aromatic rings. The summed E-state index contributed by atoms with van der Waals surface area (Å²) in [5.41, 5.74) is 6.32. The topological polar surface area (TPSA) is 82.2 Å². The van der Waals surface area contributed by atoms with Crippen LogP contribution < -0.4 is 11.1 Å². The van der Waals surface area contributed by atoms with Crippen molar-refractivity contribution >= 4 is 5.91 Å². The van der Waals surface area contributed by atoms with Crippen LogP contribution in [0, 0.1) is 0 Å². The molecule has 6 heteroatoms. The standard InChI is InChI=1S/C10H18N4O2/c1-14-6-4-8(13-14)3-5-12-10(15)9(7-11)16-2/h4,6,9H,3,5,7,11H2,1-2H3,(H,12,15). The number of aryl methyl sites for hydroxylation is 1. The minimum absolute atomic E-state index is 0.180. The summed E-state index contributed by atoms with van der Waals surface area (Å²) in [5.74, 6) is -0.180. The second kappa shape index (κ2) is 6.24. The maximum atomic E-state index is 11.5. The first-order valence-electron chi connectivity index (χ1n) is 5.16. The van der Waals surface area contributed by atoms with Crippen molar-refractivity contribution in [2.45, 2.75) is 12.5 Å². The molecule has 1 atom stereocenters. The van der Waals surface area contributed by atoms with Gasteiger partial charge in [0.05, 0.1) is 5.69 Å². The average molecular weight is 226 g/mol. The quantitative estimate of drug-likeness (QED) is 0.655. The highest BCUT2D eigenvalue weighted by Gasteiger charge is 2.14. The zero-order valence-corrected chi connectivity index (χ0v) is 9.64. The maximum Gasteiger partial charge on any atom is 0.250 e. The van der Waals surface area contributed by atoms with Crippen LogP contribution in [0.2, 0.25) is 0 Å². The SMILES string of the molecule is COC(CN)C(=O)NCCc1ccn(C)n1. The summed E-state index contributed by atoms with van der Waals surface area (Å²) in [6.07, 6.45) is 2.01. The maximum absolute atomic E-state index is 11.5. The van der Waals surface area contributed by atoms with Gasteiger partial charge in [-0.3, -0.25) is 9.48 Å². The zero-order valence-electron chi connectivity index (χ0n) is 9.64. The molecular weight excluding hydrogens is 208 g/mol. The number of hydrogen-bond donors (Lipinski definition) is 2. The van der Waals surface area contributed by atoms with Crippen molar-refractivity contribution < 1.29 is 9.53 Å². The lowest BCUT2D eigenvalue weighted by molar-refractivity contribution is -0.130. The third-order valence-corrected chi connectivity index (χ3v) is 2.24. The van der Waals surface area contributed by atoms with Gasteiger partial charge in [-0.1, -0.05) is 0 Å². The lowest BCUT2D eigenvalue weighted by Gasteiger charge is -2.12. The fourth-order valence-corrected chi connectivity index (χ4v) is 1.33. The van der Waals surface area contributed by atoms with E-state index >= 15 is 0 Å². The number of ether oxygens (including phenoxy) is 1. The monoisotopic (exact) mass is 226 g/mol. The molecule has 0 bridgehead atoms. The van der Waals surface area contributed by atoms with Crippen LogP contribution in [0.5, 0.6) is 0 Å². The van der Waals surface area contributed by atoms with E-state index < -0.39 is 6.10 Å². The summed E-state index contributed by atoms with van der Waals surface area (Å²) in [7, 11) is 3.33. The second-order valence-electron chi connectivity index (χ2n) is 3.48. The molecule has 1 unspecified atom stereocenters. The molecular formula is C10H18N4O2. The largest absolute Gasteiger partial charge is 0.370 e. The summed E-state index contributed by atoms with van der Waals surface area (Å²) >= 11 is 0. The van der Waals surface area contributed by atoms with Crippen molar-refractivity contribution in [3.8, 4) is 0 Å². The second-order valence-corrected chi connectivity index (χ2v) is 3.48. The van der Waals surface area contributed by atoms with Crippen LogP contribution in [0.25, 0.3) is 0 Å². The van der Waals surface area contributed by atoms with E-state index in [-0.39, 0.29) is 12.5 Å². The van der Waals surface area contributed by atoms with Crippen LogP contribution in [0.1, 0.15) is 5.69 Å². The van der Waals surface area contributed by atoms with Gasteiger partial charge >= 0.3 is 0 Å². The highest BCUT2D eigenvalue weighted by Crippen LogP contribution is 1.94. The number of hydrogen-bond acceptors (Lipinski definition) is 4. The third kappa shape index (κ3) is 3.63. The van der Waals surface area contributed by atoms with E-state index in [4.69, 9.17) is 10.5 Å². The normalized spacial score (nSPS) is 12.4. The van der Waals surface area contributed by atoms with E-state index in [1.165, 1.54) is 7.11 Å². The predicted octanol–water partition coefficient (Wildman–Crippen LogP) is -0.947. The Morgan fingerprint density at radius 2 is 2.50 bits per heavy atom. The molecule has 3 N–H and O–H groups in total. The highest BCUT2D eigenvalue weighted by atomic mass is 16.5. The van der Waals surface area contributed by atoms with E-state index in [1.807, 2.05) is 19.3 Å². The molecule has 0 radical (unpaired) electrons. The Labute approximate surface area is 94.8 Å². The Balaban J connectivity index is 2.27. The molecule has 1 amide bonds. The minimum Gasteiger partial charge on any atom is -0.370 e. The number of carbonyl (C=O) groups is 1. The van der Waals surface area contributed by atoms with Gasteiger partial charge in [0.2, 0.25) is 5.91 Å². The van der Waals surface area contributed by atoms with Crippen molar-refractivity contribution in [2.75, 3.05) is 20.2 Å². The highest BCUT2D eigenvalue weighted by molar-refractivity contribution is 5.80. The molecule has 0 aliphatic carbocycles. The molecule has 0 saturated carbocycles. The van der Waals surface area contributed by atoms with Crippen LogP contribution >= 0.6 is 0 Å². The van der Waals surface area contributed by atoms with Crippen LogP contribution in [0.4, 0.5) is 0 Å². The van der Waals surface area contributed by atoms with E-state index in [0.29, 0.717) is 13.0 Å². The Morgan fingerprint density at radius 3 is 3.00 bits per heavy atom. The molecule has 1 heterocycles. The summed E-state index contributed by atoms with van der Waals surface area (Å²) in [6, 6.07) is 1.92. The molecule has 0 spiro atoms. The van der Waals surface area contributed by atoms with Crippen molar-refractivity contribution in [2.24, 2.45) is 12.8 Å². The number of nitrogens with one attached hydrogen (secondary N) is 1. The van der Waals surface area contributed by atoms with Gasteiger partial charge < -0.3 is 15.8 Å². The molecule has 90 valence electrons. The zero-order chi connectivity index (χ0) is 12.0. The van der Waals surface area contributed by atoms with Crippen LogP contribution in [0.15, 0.2) is 12.3 Å². The lowest BCUT2D eigenvalue weighted by Crippen LogP contribution is -2.41. The van der Waals surface area contributed by atoms with Gasteiger partial charge in [0.15, 0.2) is 0 Å². The average Bonchev–Trinajstić information content (AvgIpc) is 2.66. The third-order valence-electron chi connectivity index (χ3n) is 2.24. The summed E-state index contributed by atoms with van der Waals surface area (Å²) in [6.45, 7) is 0.724. The van der Waals surface area contributed by atoms with Crippen molar-refractivity contribution in [3.63, 3.8) is 0 Å². The molecule has 0 aliphatic rings. The summed E-state index contributed by atoms with van der Waals surface area (Å²) < 4.78 is 6.64. The molecule has 1 aromatic heterocycles. The number of rotatable bonds is 6. The van der Waals surface area contributed by atoms with Gasteiger partial charge in [-0.15, -0.1) is 0 Å². The Bertz CT molecular complexity index is 333. The first-order valence-corrected chi connectivity index (χ1v) is 5.16. The Kier molecular flexibility index (Phi) is 4.94. The summed E-state index contributed by atoms with van der Waals surface area (Å²) in [4.78, 5) is 11.5. The van der Waals surface area contributed by atoms with Gasteiger partial charge in [-0.2, -0.15) is 5.10 Å². The molecule has 0 aliphatic heterocycles. The van der Waals surface area contributed by atoms with Crippen LogP contribution in [-0.4, -0.2) is 42.0 Å². The minimum atomic E-state index is -0.566. The van der Waals surface area contributed by atoms with Crippen molar-refractivity contribution in [1.29, 1.82) is 0 Å². The van der Waals surface area contributed by atoms with Gasteiger partial charge in [-0.25, -0.2) is 0 Å². The van der Waals surface area contributed by atoms with Crippen molar-refractivity contribution in [1.82, 2.24) is 15.1 Å². The van der Waals surface area contributed by atoms with E-state index in [9.17, 15) is 4.79 Å². The Morgan fingerprint density at radius 1 is 1.75 bits per heavy atom. The van der Waals surface area contributed by atoms with Gasteiger partial charge in [0, 0.05) is 39.9 Å². The Hall–Kier alpha value is -1.40. The van der Waals surface area contributed by atoms with E-state index in [1.54, 1.807) is 4.68 Å². The van der Waals surface area contributed by atoms with Gasteiger partial charge in [0.1, 0.15) is 6.10 Å². The number of aromatic nitrogens is 2. The predicted molar refractivity (Wildman–Crippen MR) is 59.8 cm³/mol. The number of carbonyl (C=O) groups excluding carboxylic acids is 1. The van der Waals surface area contributed by atoms with Crippen LogP contribution in [0.3, 0.4) is 0 Å². The fraction of sp³-hybridized carbons (Fsp3) is 0.600. The molecule has 0 aromatic carbocycles. The first kappa shape index (κ1) is 12.7. The smallest absolute Gasteiger partial charge is 0.250 e. The van der Waals surface area contributed by atoms with Crippen LogP contribution in [-0.2, 0) is 23.0 Å². The van der Waals surface area contributed by atoms with Gasteiger partial charge in [0.25, 0.3) is 0 Å². The fourth-order valence-electron chi connectivity index (χ4n) is 1.33. The number of methoxy groups -OCH3 is 1. The molecule has 0 saturated heterocycles. The van der Waals surface area contributed by atoms with Gasteiger partial charge in [-0.05, 0) is 6.07 Å². The number of amides is 1. The molecule has 6 nitrogen and oxygen atoms in total. The van der Waals surface area contributed by atoms with E-state index in [2.05, 4.69) is 10.4 Å². The van der Waals surface area contributed by atoms with E-state index in [0.717, 1.165) is 5.69 Å². The summed E-state index contributed by atoms with van der Waals surface area (Å²) in [5, 5.41) is 6.95. The molecule has 16 heavy (non-hydrogen) atoms. The lowest BCUT2D eigenvalue weighted by atomic mass is 10.3. The number of nitrogens with zero attached hydrogens (tertiary/aromatic N) is 2. The van der Waals surface area contributed by atoms with Crippen molar-refractivity contribution in [3.05, 3.63) is 18.0 Å². The molecule has 1 rings (SSSR count). The number of nitrogens with two attached hydrogens (primary N) is 1. The molecule has 0 fully saturated rings.